The third-order valence-corrected chi connectivity index (χ3v) is 5.25. The molecule has 3 aromatic rings. The first-order valence-corrected chi connectivity index (χ1v) is 9.55. The summed E-state index contributed by atoms with van der Waals surface area (Å²) in [6.07, 6.45) is -5.66. The fourth-order valence-electron chi connectivity index (χ4n) is 3.31. The molecule has 0 saturated carbocycles. The average molecular weight is 435 g/mol. The van der Waals surface area contributed by atoms with Crippen LogP contribution in [0.25, 0.3) is 22.1 Å². The van der Waals surface area contributed by atoms with Gasteiger partial charge in [0.05, 0.1) is 17.6 Å². The molecule has 1 saturated heterocycles. The number of hydrogen-bond donors (Lipinski definition) is 4. The van der Waals surface area contributed by atoms with Gasteiger partial charge in [0.2, 0.25) is 6.29 Å². The van der Waals surface area contributed by atoms with Crippen LogP contribution in [0.15, 0.2) is 57.9 Å². The average Bonchev–Trinajstić information content (AvgIpc) is 2.75. The molecule has 2 heterocycles. The molecule has 1 aromatic heterocycles. The summed E-state index contributed by atoms with van der Waals surface area (Å²) in [6.45, 7) is -0.565. The van der Waals surface area contributed by atoms with E-state index in [1.54, 1.807) is 24.3 Å². The first-order valence-electron chi connectivity index (χ1n) is 9.17. The van der Waals surface area contributed by atoms with Crippen LogP contribution in [0.3, 0.4) is 0 Å². The molecule has 1 fully saturated rings. The maximum Gasteiger partial charge on any atom is 0.229 e. The fraction of sp³-hybridized carbons (Fsp3) is 0.286. The van der Waals surface area contributed by atoms with Gasteiger partial charge in [-0.1, -0.05) is 23.7 Å². The summed E-state index contributed by atoms with van der Waals surface area (Å²) in [4.78, 5) is 12.8. The van der Waals surface area contributed by atoms with Crippen LogP contribution < -0.4 is 10.2 Å². The Bertz CT molecular complexity index is 1090. The van der Waals surface area contributed by atoms with Crippen molar-refractivity contribution in [2.75, 3.05) is 6.61 Å². The highest BCUT2D eigenvalue weighted by Crippen LogP contribution is 2.27. The smallest absolute Gasteiger partial charge is 0.229 e. The normalized spacial score (nSPS) is 26.6. The van der Waals surface area contributed by atoms with Gasteiger partial charge in [-0.05, 0) is 29.8 Å². The van der Waals surface area contributed by atoms with Crippen LogP contribution in [-0.4, -0.2) is 57.7 Å². The monoisotopic (exact) mass is 434 g/mol. The van der Waals surface area contributed by atoms with Crippen LogP contribution in [0, 0.1) is 0 Å². The van der Waals surface area contributed by atoms with E-state index in [-0.39, 0.29) is 16.8 Å². The van der Waals surface area contributed by atoms with Gasteiger partial charge in [-0.15, -0.1) is 0 Å². The van der Waals surface area contributed by atoms with E-state index in [1.165, 1.54) is 24.5 Å². The third-order valence-electron chi connectivity index (χ3n) is 5.00. The Kier molecular flexibility index (Phi) is 5.79. The van der Waals surface area contributed by atoms with Gasteiger partial charge in [0.25, 0.3) is 0 Å². The van der Waals surface area contributed by atoms with Crippen molar-refractivity contribution in [3.8, 4) is 16.9 Å². The van der Waals surface area contributed by atoms with Gasteiger partial charge in [-0.3, -0.25) is 4.79 Å². The summed E-state index contributed by atoms with van der Waals surface area (Å²) in [5.74, 6) is 0.203. The highest BCUT2D eigenvalue weighted by molar-refractivity contribution is 6.30. The second-order valence-corrected chi connectivity index (χ2v) is 7.39. The highest BCUT2D eigenvalue weighted by atomic mass is 35.5. The maximum atomic E-state index is 12.8. The fourth-order valence-corrected chi connectivity index (χ4v) is 3.44. The largest absolute Gasteiger partial charge is 0.463 e. The molecule has 2 aromatic carbocycles. The summed E-state index contributed by atoms with van der Waals surface area (Å²) in [7, 11) is 0. The molecular weight excluding hydrogens is 416 g/mol. The molecule has 30 heavy (non-hydrogen) atoms. The predicted molar refractivity (Wildman–Crippen MR) is 107 cm³/mol. The van der Waals surface area contributed by atoms with Gasteiger partial charge in [-0.25, -0.2) is 0 Å². The van der Waals surface area contributed by atoms with Gasteiger partial charge in [0.1, 0.15) is 42.0 Å². The van der Waals surface area contributed by atoms with E-state index in [1.807, 2.05) is 0 Å². The molecule has 0 amide bonds. The zero-order valence-electron chi connectivity index (χ0n) is 15.5. The summed E-state index contributed by atoms with van der Waals surface area (Å²) in [6, 6.07) is 11.3. The van der Waals surface area contributed by atoms with Gasteiger partial charge in [0.15, 0.2) is 5.43 Å². The molecule has 0 radical (unpaired) electrons. The summed E-state index contributed by atoms with van der Waals surface area (Å²) in [5, 5.41) is 40.0. The van der Waals surface area contributed by atoms with Gasteiger partial charge >= 0.3 is 0 Å². The number of fused-ring (bicyclic) bond motifs is 1. The van der Waals surface area contributed by atoms with E-state index in [4.69, 9.17) is 25.5 Å². The van der Waals surface area contributed by atoms with Crippen LogP contribution in [0.1, 0.15) is 0 Å². The molecule has 0 aliphatic carbocycles. The molecule has 9 heteroatoms. The minimum absolute atomic E-state index is 0.203. The van der Waals surface area contributed by atoms with Crippen molar-refractivity contribution < 1.29 is 34.3 Å². The minimum Gasteiger partial charge on any atom is -0.463 e. The van der Waals surface area contributed by atoms with Crippen LogP contribution in [-0.2, 0) is 4.74 Å². The number of ether oxygens (including phenoxy) is 2. The molecule has 1 aliphatic heterocycles. The Morgan fingerprint density at radius 1 is 1.00 bits per heavy atom. The Labute approximate surface area is 175 Å². The molecule has 0 spiro atoms. The van der Waals surface area contributed by atoms with Crippen LogP contribution >= 0.6 is 11.6 Å². The predicted octanol–water partition coefficient (Wildman–Crippen LogP) is 1.29. The molecule has 8 nitrogen and oxygen atoms in total. The molecule has 4 rings (SSSR count). The molecule has 158 valence electrons. The molecule has 1 aliphatic rings. The van der Waals surface area contributed by atoms with Gasteiger partial charge in [-0.2, -0.15) is 0 Å². The molecule has 0 unspecified atom stereocenters. The lowest BCUT2D eigenvalue weighted by Gasteiger charge is -2.39. The van der Waals surface area contributed by atoms with Crippen molar-refractivity contribution >= 4 is 22.6 Å². The van der Waals surface area contributed by atoms with Crippen molar-refractivity contribution in [3.63, 3.8) is 0 Å². The minimum atomic E-state index is -1.55. The Morgan fingerprint density at radius 3 is 2.43 bits per heavy atom. The number of benzene rings is 2. The quantitative estimate of drug-likeness (QED) is 0.483. The zero-order chi connectivity index (χ0) is 21.4. The lowest BCUT2D eigenvalue weighted by Crippen LogP contribution is -2.60. The van der Waals surface area contributed by atoms with E-state index in [2.05, 4.69) is 0 Å². The molecule has 5 atom stereocenters. The van der Waals surface area contributed by atoms with E-state index in [0.717, 1.165) is 0 Å². The van der Waals surface area contributed by atoms with E-state index in [0.29, 0.717) is 21.5 Å². The molecule has 0 bridgehead atoms. The molecule has 4 N–H and O–H groups in total. The first-order chi connectivity index (χ1) is 14.4. The number of halogens is 1. The lowest BCUT2D eigenvalue weighted by molar-refractivity contribution is -0.277. The number of aliphatic hydroxyl groups is 4. The second-order valence-electron chi connectivity index (χ2n) is 6.96. The van der Waals surface area contributed by atoms with Crippen molar-refractivity contribution in [2.24, 2.45) is 0 Å². The maximum absolute atomic E-state index is 12.8. The van der Waals surface area contributed by atoms with Crippen molar-refractivity contribution in [1.29, 1.82) is 0 Å². The summed E-state index contributed by atoms with van der Waals surface area (Å²) < 4.78 is 16.5. The standard InChI is InChI=1S/C21H19ClO8/c22-11-3-1-10(2-4-11)14-9-28-15-7-12(5-6-13(15)17(14)24)29-21-20(27)19(26)18(25)16(8-23)30-21/h1-7,9,16,18-21,23,25-27H,8H2/t16-,18-,19-,20+,21-/m1/s1. The van der Waals surface area contributed by atoms with Crippen LogP contribution in [0.4, 0.5) is 0 Å². The second kappa shape index (κ2) is 8.35. The Balaban J connectivity index is 1.62. The third kappa shape index (κ3) is 3.81. The zero-order valence-corrected chi connectivity index (χ0v) is 16.3. The SMILES string of the molecule is O=c1c(-c2ccc(Cl)cc2)coc2cc(O[C@@H]3O[C@H](CO)[C@@H](O)[C@@H](O)[C@@H]3O)ccc12. The van der Waals surface area contributed by atoms with Crippen molar-refractivity contribution in [2.45, 2.75) is 30.7 Å². The Hall–Kier alpha value is -2.46. The lowest BCUT2D eigenvalue weighted by atomic mass is 9.99. The number of aliphatic hydroxyl groups excluding tert-OH is 4. The van der Waals surface area contributed by atoms with E-state index in [9.17, 15) is 25.2 Å². The first kappa shape index (κ1) is 20.8. The summed E-state index contributed by atoms with van der Waals surface area (Å²) >= 11 is 5.89. The van der Waals surface area contributed by atoms with E-state index >= 15 is 0 Å². The topological polar surface area (TPSA) is 130 Å². The van der Waals surface area contributed by atoms with Crippen LogP contribution in [0.5, 0.6) is 5.75 Å². The number of hydrogen-bond acceptors (Lipinski definition) is 8. The van der Waals surface area contributed by atoms with Gasteiger partial charge < -0.3 is 34.3 Å². The summed E-state index contributed by atoms with van der Waals surface area (Å²) in [5.41, 5.74) is 1.05. The van der Waals surface area contributed by atoms with Gasteiger partial charge in [0, 0.05) is 11.1 Å². The van der Waals surface area contributed by atoms with Crippen LogP contribution in [0.2, 0.25) is 5.02 Å². The molecular formula is C21H19ClO8. The number of rotatable bonds is 4. The van der Waals surface area contributed by atoms with Crippen molar-refractivity contribution in [1.82, 2.24) is 0 Å². The Morgan fingerprint density at radius 2 is 1.73 bits per heavy atom. The van der Waals surface area contributed by atoms with E-state index < -0.39 is 37.3 Å². The van der Waals surface area contributed by atoms with Crippen molar-refractivity contribution in [3.05, 3.63) is 64.0 Å². The highest BCUT2D eigenvalue weighted by Gasteiger charge is 2.44.